The molecule has 0 saturated carbocycles. The summed E-state index contributed by atoms with van der Waals surface area (Å²) in [6.45, 7) is 5.08. The molecule has 0 atom stereocenters. The minimum absolute atomic E-state index is 0.761. The average Bonchev–Trinajstić information content (AvgIpc) is 2.81. The van der Waals surface area contributed by atoms with E-state index >= 15 is 0 Å². The van der Waals surface area contributed by atoms with Crippen LogP contribution in [0.1, 0.15) is 26.0 Å². The van der Waals surface area contributed by atoms with Crippen molar-refractivity contribution >= 4 is 51.3 Å². The Bertz CT molecular complexity index is 544. The zero-order valence-electron chi connectivity index (χ0n) is 10.8. The third-order valence-corrected chi connectivity index (χ3v) is 4.91. The smallest absolute Gasteiger partial charge is 0.171 e. The summed E-state index contributed by atoms with van der Waals surface area (Å²) in [5.41, 5.74) is 1.11. The van der Waals surface area contributed by atoms with Gasteiger partial charge in [-0.1, -0.05) is 24.9 Å². The lowest BCUT2D eigenvalue weighted by atomic mass is 10.2. The summed E-state index contributed by atoms with van der Waals surface area (Å²) >= 11 is 9.82. The van der Waals surface area contributed by atoms with Crippen LogP contribution in [0.2, 0.25) is 4.34 Å². The van der Waals surface area contributed by atoms with Crippen LogP contribution in [0.4, 0.5) is 5.82 Å². The number of halogens is 2. The Morgan fingerprint density at radius 2 is 2.11 bits per heavy atom. The molecule has 6 heteroatoms. The summed E-state index contributed by atoms with van der Waals surface area (Å²) in [4.78, 5) is 10.3. The number of aryl methyl sites for hydroxylation is 1. The lowest BCUT2D eigenvalue weighted by Crippen LogP contribution is -2.07. The Morgan fingerprint density at radius 3 is 2.68 bits per heavy atom. The summed E-state index contributed by atoms with van der Waals surface area (Å²) < 4.78 is 1.88. The van der Waals surface area contributed by atoms with E-state index in [1.807, 2.05) is 12.1 Å². The fourth-order valence-electron chi connectivity index (χ4n) is 1.73. The Balaban J connectivity index is 2.48. The predicted molar refractivity (Wildman–Crippen MR) is 91.2 cm³/mol. The van der Waals surface area contributed by atoms with Gasteiger partial charge in [-0.25, -0.2) is 9.97 Å². The third-order valence-electron chi connectivity index (χ3n) is 2.54. The summed E-state index contributed by atoms with van der Waals surface area (Å²) in [5, 5.41) is 3.30. The van der Waals surface area contributed by atoms with Crippen molar-refractivity contribution in [2.75, 3.05) is 11.9 Å². The number of hydrogen-bond donors (Lipinski definition) is 1. The molecule has 0 unspecified atom stereocenters. The molecule has 0 fully saturated rings. The van der Waals surface area contributed by atoms with Gasteiger partial charge in [0, 0.05) is 6.54 Å². The van der Waals surface area contributed by atoms with Gasteiger partial charge in [0.25, 0.3) is 0 Å². The molecule has 0 aliphatic carbocycles. The first-order valence-corrected chi connectivity index (χ1v) is 8.49. The van der Waals surface area contributed by atoms with Crippen molar-refractivity contribution in [2.24, 2.45) is 0 Å². The number of hydrogen-bond acceptors (Lipinski definition) is 4. The molecule has 19 heavy (non-hydrogen) atoms. The molecule has 0 aliphatic rings. The third kappa shape index (κ3) is 3.58. The summed E-state index contributed by atoms with van der Waals surface area (Å²) in [7, 11) is 0. The fourth-order valence-corrected chi connectivity index (χ4v) is 3.40. The maximum atomic E-state index is 5.99. The molecule has 0 aliphatic heterocycles. The number of nitrogens with one attached hydrogen (secondary N) is 1. The second-order valence-electron chi connectivity index (χ2n) is 4.04. The normalized spacial score (nSPS) is 10.7. The molecule has 0 bridgehead atoms. The number of rotatable bonds is 5. The van der Waals surface area contributed by atoms with Crippen LogP contribution in [0.5, 0.6) is 0 Å². The van der Waals surface area contributed by atoms with Crippen molar-refractivity contribution in [1.82, 2.24) is 9.97 Å². The van der Waals surface area contributed by atoms with Gasteiger partial charge in [0.1, 0.15) is 5.82 Å². The number of nitrogens with zero attached hydrogens (tertiary/aromatic N) is 2. The van der Waals surface area contributed by atoms with Gasteiger partial charge in [0.05, 0.1) is 18.5 Å². The molecule has 0 radical (unpaired) electrons. The fraction of sp³-hybridized carbons (Fsp3) is 0.385. The highest BCUT2D eigenvalue weighted by Gasteiger charge is 2.13. The van der Waals surface area contributed by atoms with Crippen LogP contribution in [0.3, 0.4) is 0 Å². The van der Waals surface area contributed by atoms with Crippen molar-refractivity contribution in [3.05, 3.63) is 25.7 Å². The Kier molecular flexibility index (Phi) is 5.41. The highest BCUT2D eigenvalue weighted by molar-refractivity contribution is 14.1. The van der Waals surface area contributed by atoms with E-state index in [9.17, 15) is 0 Å². The summed E-state index contributed by atoms with van der Waals surface area (Å²) in [6, 6.07) is 3.86. The van der Waals surface area contributed by atoms with Crippen molar-refractivity contribution in [2.45, 2.75) is 26.7 Å². The van der Waals surface area contributed by atoms with Crippen molar-refractivity contribution < 1.29 is 0 Å². The molecule has 0 amide bonds. The van der Waals surface area contributed by atoms with Crippen LogP contribution in [0.25, 0.3) is 10.7 Å². The summed E-state index contributed by atoms with van der Waals surface area (Å²) in [6.07, 6.45) is 2.04. The minimum Gasteiger partial charge on any atom is -0.369 e. The van der Waals surface area contributed by atoms with E-state index in [0.29, 0.717) is 0 Å². The molecule has 102 valence electrons. The van der Waals surface area contributed by atoms with Gasteiger partial charge >= 0.3 is 0 Å². The van der Waals surface area contributed by atoms with Crippen molar-refractivity contribution in [3.8, 4) is 10.7 Å². The molecule has 2 aromatic heterocycles. The highest BCUT2D eigenvalue weighted by atomic mass is 127. The molecule has 0 saturated heterocycles. The molecule has 2 aromatic rings. The zero-order valence-corrected chi connectivity index (χ0v) is 14.6. The quantitative estimate of drug-likeness (QED) is 0.720. The second-order valence-corrected chi connectivity index (χ2v) is 6.83. The lowest BCUT2D eigenvalue weighted by Gasteiger charge is -2.11. The van der Waals surface area contributed by atoms with E-state index in [1.54, 1.807) is 0 Å². The molecular weight excluding hydrogens is 393 g/mol. The Labute approximate surface area is 136 Å². The predicted octanol–water partition coefficient (Wildman–Crippen LogP) is 4.85. The van der Waals surface area contributed by atoms with E-state index in [4.69, 9.17) is 11.6 Å². The number of aromatic nitrogens is 2. The van der Waals surface area contributed by atoms with Gasteiger partial charge in [0.2, 0.25) is 0 Å². The molecule has 2 rings (SSSR count). The minimum atomic E-state index is 0.761. The van der Waals surface area contributed by atoms with E-state index in [0.717, 1.165) is 49.5 Å². The first kappa shape index (κ1) is 15.0. The number of anilines is 1. The SMILES string of the molecule is CCCc1nc(-c2ccc(Cl)s2)nc(NCC)c1I. The zero-order chi connectivity index (χ0) is 13.8. The highest BCUT2D eigenvalue weighted by Crippen LogP contribution is 2.31. The van der Waals surface area contributed by atoms with Gasteiger partial charge in [-0.05, 0) is 48.1 Å². The lowest BCUT2D eigenvalue weighted by molar-refractivity contribution is 0.867. The first-order valence-electron chi connectivity index (χ1n) is 6.21. The standard InChI is InChI=1S/C13H15ClIN3S/c1-3-5-8-11(15)13(16-4-2)18-12(17-8)9-6-7-10(14)19-9/h6-7H,3-5H2,1-2H3,(H,16,17,18). The first-order chi connectivity index (χ1) is 9.15. The molecule has 0 aromatic carbocycles. The Hall–Kier alpha value is -0.400. The molecule has 3 nitrogen and oxygen atoms in total. The monoisotopic (exact) mass is 407 g/mol. The van der Waals surface area contributed by atoms with Crippen LogP contribution >= 0.6 is 45.5 Å². The van der Waals surface area contributed by atoms with Crippen LogP contribution in [0, 0.1) is 3.57 Å². The summed E-state index contributed by atoms with van der Waals surface area (Å²) in [5.74, 6) is 1.68. The topological polar surface area (TPSA) is 37.8 Å². The van der Waals surface area contributed by atoms with E-state index in [1.165, 1.54) is 11.3 Å². The van der Waals surface area contributed by atoms with E-state index in [-0.39, 0.29) is 0 Å². The second kappa shape index (κ2) is 6.85. The van der Waals surface area contributed by atoms with Crippen LogP contribution in [-0.4, -0.2) is 16.5 Å². The molecule has 2 heterocycles. The van der Waals surface area contributed by atoms with E-state index in [2.05, 4.69) is 51.7 Å². The van der Waals surface area contributed by atoms with Gasteiger partial charge in [-0.3, -0.25) is 0 Å². The van der Waals surface area contributed by atoms with Crippen LogP contribution < -0.4 is 5.32 Å². The maximum Gasteiger partial charge on any atom is 0.171 e. The maximum absolute atomic E-state index is 5.99. The Morgan fingerprint density at radius 1 is 1.32 bits per heavy atom. The molecule has 1 N–H and O–H groups in total. The van der Waals surface area contributed by atoms with Gasteiger partial charge < -0.3 is 5.32 Å². The largest absolute Gasteiger partial charge is 0.369 e. The van der Waals surface area contributed by atoms with Gasteiger partial charge in [0.15, 0.2) is 5.82 Å². The number of thiophene rings is 1. The average molecular weight is 408 g/mol. The van der Waals surface area contributed by atoms with E-state index < -0.39 is 0 Å². The van der Waals surface area contributed by atoms with Crippen LogP contribution in [0.15, 0.2) is 12.1 Å². The molecular formula is C13H15ClIN3S. The van der Waals surface area contributed by atoms with Crippen molar-refractivity contribution in [1.29, 1.82) is 0 Å². The molecule has 0 spiro atoms. The van der Waals surface area contributed by atoms with Crippen molar-refractivity contribution in [3.63, 3.8) is 0 Å². The van der Waals surface area contributed by atoms with Gasteiger partial charge in [-0.15, -0.1) is 11.3 Å². The van der Waals surface area contributed by atoms with Gasteiger partial charge in [-0.2, -0.15) is 0 Å². The van der Waals surface area contributed by atoms with Crippen LogP contribution in [-0.2, 0) is 6.42 Å².